The Balaban J connectivity index is 1.56. The topological polar surface area (TPSA) is 116 Å². The number of hydrogen-bond acceptors (Lipinski definition) is 6. The number of amides is 4. The van der Waals surface area contributed by atoms with Crippen molar-refractivity contribution < 1.29 is 19.2 Å². The average Bonchev–Trinajstić information content (AvgIpc) is 3.57. The van der Waals surface area contributed by atoms with Crippen molar-refractivity contribution in [2.24, 2.45) is 5.92 Å². The Morgan fingerprint density at radius 2 is 2.03 bits per heavy atom. The van der Waals surface area contributed by atoms with Crippen molar-refractivity contribution in [1.82, 2.24) is 20.1 Å². The molecule has 4 rings (SSSR count). The number of likely N-dealkylation sites (N-methyl/N-ethyl adjacent to an activating group) is 1. The quantitative estimate of drug-likeness (QED) is 0.528. The number of hydrogen-bond donors (Lipinski definition) is 2. The molecule has 0 unspecified atom stereocenters. The summed E-state index contributed by atoms with van der Waals surface area (Å²) in [5.74, 6) is -1.35. The molecular formula is C27H32N6O4S. The summed E-state index contributed by atoms with van der Waals surface area (Å²) in [6, 6.07) is 5.61. The van der Waals surface area contributed by atoms with E-state index >= 15 is 0 Å². The van der Waals surface area contributed by atoms with Gasteiger partial charge in [-0.1, -0.05) is 32.0 Å². The first-order valence-corrected chi connectivity index (χ1v) is 13.4. The van der Waals surface area contributed by atoms with Gasteiger partial charge in [0.2, 0.25) is 11.8 Å². The third-order valence-electron chi connectivity index (χ3n) is 7.25. The fourth-order valence-electron chi connectivity index (χ4n) is 5.27. The van der Waals surface area contributed by atoms with E-state index in [2.05, 4.69) is 20.5 Å². The van der Waals surface area contributed by atoms with Crippen LogP contribution in [0.4, 0.5) is 5.69 Å². The number of fused-ring (bicyclic) bond motifs is 2. The Bertz CT molecular complexity index is 1320. The number of benzene rings is 1. The first kappa shape index (κ1) is 27.3. The lowest BCUT2D eigenvalue weighted by Crippen LogP contribution is -2.55. The maximum absolute atomic E-state index is 14.0. The molecule has 200 valence electrons. The number of anilines is 1. The molecule has 3 heterocycles. The molecule has 0 saturated carbocycles. The molecule has 1 saturated heterocycles. The van der Waals surface area contributed by atoms with Crippen molar-refractivity contribution in [3.8, 4) is 0 Å². The lowest BCUT2D eigenvalue weighted by atomic mass is 9.80. The highest BCUT2D eigenvalue weighted by atomic mass is 32.1. The Morgan fingerprint density at radius 3 is 2.66 bits per heavy atom. The van der Waals surface area contributed by atoms with E-state index in [-0.39, 0.29) is 30.7 Å². The van der Waals surface area contributed by atoms with Crippen molar-refractivity contribution in [1.29, 1.82) is 0 Å². The van der Waals surface area contributed by atoms with Gasteiger partial charge in [-0.15, -0.1) is 11.3 Å². The van der Waals surface area contributed by atoms with Crippen molar-refractivity contribution in [3.63, 3.8) is 0 Å². The van der Waals surface area contributed by atoms with Gasteiger partial charge in [-0.05, 0) is 37.8 Å². The lowest BCUT2D eigenvalue weighted by molar-refractivity contribution is -0.146. The van der Waals surface area contributed by atoms with E-state index in [9.17, 15) is 19.2 Å². The summed E-state index contributed by atoms with van der Waals surface area (Å²) in [7, 11) is 1.54. The second kappa shape index (κ2) is 10.5. The summed E-state index contributed by atoms with van der Waals surface area (Å²) >= 11 is 1.23. The van der Waals surface area contributed by atoms with E-state index in [1.54, 1.807) is 20.9 Å². The highest BCUT2D eigenvalue weighted by Crippen LogP contribution is 2.47. The van der Waals surface area contributed by atoms with Gasteiger partial charge in [0, 0.05) is 19.3 Å². The van der Waals surface area contributed by atoms with Gasteiger partial charge >= 0.3 is 6.17 Å². The Labute approximate surface area is 226 Å². The van der Waals surface area contributed by atoms with E-state index in [0.717, 1.165) is 10.6 Å². The molecule has 1 fully saturated rings. The van der Waals surface area contributed by atoms with Gasteiger partial charge in [0.05, 0.1) is 17.6 Å². The molecular weight excluding hydrogens is 504 g/mol. The summed E-state index contributed by atoms with van der Waals surface area (Å²) < 4.78 is 0. The largest absolute Gasteiger partial charge is 0.340 e. The zero-order valence-electron chi connectivity index (χ0n) is 22.1. The molecule has 2 aromatic rings. The SMILES string of the molecule is [C-]#[N+][C@@H]1C[C@@]2(CN1C(=O)[C@H](CC(C)C)N(C)C(=O)[C@H](C)NC(=O)c1cnc(C)s1)C(=O)Nc1ccccc12. The van der Waals surface area contributed by atoms with Crippen LogP contribution in [0, 0.1) is 19.4 Å². The van der Waals surface area contributed by atoms with Gasteiger partial charge in [0.1, 0.15) is 22.4 Å². The molecule has 4 amide bonds. The third kappa shape index (κ3) is 4.88. The lowest BCUT2D eigenvalue weighted by Gasteiger charge is -2.33. The van der Waals surface area contributed by atoms with Crippen LogP contribution in [-0.2, 0) is 19.8 Å². The van der Waals surface area contributed by atoms with Crippen molar-refractivity contribution in [3.05, 3.63) is 57.3 Å². The Hall–Kier alpha value is -3.78. The number of nitrogens with one attached hydrogen (secondary N) is 2. The predicted molar refractivity (Wildman–Crippen MR) is 143 cm³/mol. The summed E-state index contributed by atoms with van der Waals surface area (Å²) in [6.45, 7) is 15.1. The van der Waals surface area contributed by atoms with E-state index in [0.29, 0.717) is 17.0 Å². The van der Waals surface area contributed by atoms with Crippen LogP contribution in [0.1, 0.15) is 53.9 Å². The summed E-state index contributed by atoms with van der Waals surface area (Å²) in [6.07, 6.45) is 1.20. The molecule has 10 nitrogen and oxygen atoms in total. The van der Waals surface area contributed by atoms with E-state index in [1.165, 1.54) is 27.3 Å². The van der Waals surface area contributed by atoms with Crippen molar-refractivity contribution >= 4 is 40.7 Å². The number of likely N-dealkylation sites (tertiary alicyclic amines) is 1. The zero-order valence-corrected chi connectivity index (χ0v) is 23.0. The van der Waals surface area contributed by atoms with Crippen molar-refractivity contribution in [2.75, 3.05) is 18.9 Å². The fraction of sp³-hybridized carbons (Fsp3) is 0.481. The summed E-state index contributed by atoms with van der Waals surface area (Å²) in [4.78, 5) is 64.1. The van der Waals surface area contributed by atoms with Gasteiger partial charge in [-0.25, -0.2) is 11.6 Å². The third-order valence-corrected chi connectivity index (χ3v) is 8.16. The highest BCUT2D eigenvalue weighted by Gasteiger charge is 2.59. The monoisotopic (exact) mass is 536 g/mol. The number of carbonyl (C=O) groups excluding carboxylic acids is 4. The second-order valence-corrected chi connectivity index (χ2v) is 11.6. The van der Waals surface area contributed by atoms with E-state index in [1.807, 2.05) is 38.1 Å². The standard InChI is InChI=1S/C27H32N6O4S/c1-15(2)11-20(32(6)24(35)16(3)30-23(34)21-13-29-17(4)38-21)25(36)33-14-27(12-22(33)28-5)18-9-7-8-10-19(18)31-26(27)37/h7-10,13,15-16,20,22H,11-12,14H2,1-4,6H3,(H,30,34)(H,31,37)/t16-,20-,22-,27-/m0/s1. The molecule has 0 aliphatic carbocycles. The molecule has 1 aromatic carbocycles. The summed E-state index contributed by atoms with van der Waals surface area (Å²) in [5.41, 5.74) is 0.483. The number of aryl methyl sites for hydroxylation is 1. The van der Waals surface area contributed by atoms with Crippen LogP contribution < -0.4 is 10.6 Å². The van der Waals surface area contributed by atoms with Crippen LogP contribution in [0.2, 0.25) is 0 Å². The van der Waals surface area contributed by atoms with Crippen LogP contribution in [0.3, 0.4) is 0 Å². The van der Waals surface area contributed by atoms with Crippen LogP contribution >= 0.6 is 11.3 Å². The number of thiazole rings is 1. The van der Waals surface area contributed by atoms with Crippen LogP contribution in [0.25, 0.3) is 4.85 Å². The molecule has 4 atom stereocenters. The minimum absolute atomic E-state index is 0.0649. The van der Waals surface area contributed by atoms with E-state index < -0.39 is 35.5 Å². The fourth-order valence-corrected chi connectivity index (χ4v) is 5.95. The minimum Gasteiger partial charge on any atom is -0.340 e. The molecule has 1 spiro atoms. The zero-order chi connectivity index (χ0) is 27.8. The molecule has 0 bridgehead atoms. The Kier molecular flexibility index (Phi) is 7.56. The molecule has 2 N–H and O–H groups in total. The number of rotatable bonds is 7. The first-order valence-electron chi connectivity index (χ1n) is 12.6. The van der Waals surface area contributed by atoms with Gasteiger partial charge in [-0.3, -0.25) is 28.9 Å². The molecule has 1 aromatic heterocycles. The average molecular weight is 537 g/mol. The van der Waals surface area contributed by atoms with Crippen LogP contribution in [0.15, 0.2) is 30.5 Å². The normalized spacial score (nSPS) is 21.6. The predicted octanol–water partition coefficient (Wildman–Crippen LogP) is 2.81. The molecule has 0 radical (unpaired) electrons. The van der Waals surface area contributed by atoms with Crippen LogP contribution in [-0.4, -0.2) is 70.3 Å². The summed E-state index contributed by atoms with van der Waals surface area (Å²) in [5, 5.41) is 6.33. The Morgan fingerprint density at radius 1 is 1.32 bits per heavy atom. The maximum Gasteiger partial charge on any atom is 0.302 e. The number of nitrogens with zero attached hydrogens (tertiary/aromatic N) is 4. The van der Waals surface area contributed by atoms with E-state index in [4.69, 9.17) is 6.57 Å². The second-order valence-electron chi connectivity index (χ2n) is 10.4. The van der Waals surface area contributed by atoms with Gasteiger partial charge in [0.25, 0.3) is 11.8 Å². The maximum atomic E-state index is 14.0. The molecule has 38 heavy (non-hydrogen) atoms. The number of carbonyl (C=O) groups is 4. The number of aromatic nitrogens is 1. The van der Waals surface area contributed by atoms with Gasteiger partial charge < -0.3 is 15.5 Å². The molecule has 2 aliphatic rings. The molecule has 2 aliphatic heterocycles. The highest BCUT2D eigenvalue weighted by molar-refractivity contribution is 7.13. The van der Waals surface area contributed by atoms with Crippen molar-refractivity contribution in [2.45, 2.75) is 64.2 Å². The van der Waals surface area contributed by atoms with Gasteiger partial charge in [0.15, 0.2) is 0 Å². The number of para-hydroxylation sites is 1. The minimum atomic E-state index is -0.999. The smallest absolute Gasteiger partial charge is 0.302 e. The van der Waals surface area contributed by atoms with Gasteiger partial charge in [-0.2, -0.15) is 0 Å². The molecule has 11 heteroatoms. The van der Waals surface area contributed by atoms with Crippen LogP contribution in [0.5, 0.6) is 0 Å². The first-order chi connectivity index (χ1) is 18.0.